The minimum absolute atomic E-state index is 0.253. The minimum atomic E-state index is -0.253. The molecule has 1 aliphatic rings. The quantitative estimate of drug-likeness (QED) is 0.337. The van der Waals surface area contributed by atoms with Crippen molar-refractivity contribution in [1.29, 1.82) is 5.41 Å². The lowest BCUT2D eigenvalue weighted by molar-refractivity contribution is 0.175. The third-order valence-corrected chi connectivity index (χ3v) is 6.53. The van der Waals surface area contributed by atoms with Crippen molar-refractivity contribution in [2.75, 3.05) is 20.1 Å². The van der Waals surface area contributed by atoms with E-state index in [0.29, 0.717) is 29.5 Å². The van der Waals surface area contributed by atoms with Gasteiger partial charge in [0.1, 0.15) is 23.3 Å². The second-order valence-corrected chi connectivity index (χ2v) is 9.13. The maximum absolute atomic E-state index is 9.87. The van der Waals surface area contributed by atoms with Gasteiger partial charge in [0.25, 0.3) is 0 Å². The van der Waals surface area contributed by atoms with Gasteiger partial charge in [0.2, 0.25) is 5.89 Å². The zero-order valence-electron chi connectivity index (χ0n) is 19.2. The van der Waals surface area contributed by atoms with Crippen LogP contribution < -0.4 is 5.49 Å². The second-order valence-electron chi connectivity index (χ2n) is 8.69. The molecule has 3 aromatic heterocycles. The summed E-state index contributed by atoms with van der Waals surface area (Å²) in [6.45, 7) is 4.76. The molecule has 8 nitrogen and oxygen atoms in total. The van der Waals surface area contributed by atoms with Crippen molar-refractivity contribution in [3.05, 3.63) is 70.5 Å². The van der Waals surface area contributed by atoms with Crippen LogP contribution in [0.4, 0.5) is 0 Å². The van der Waals surface area contributed by atoms with Gasteiger partial charge in [0, 0.05) is 38.2 Å². The van der Waals surface area contributed by atoms with Crippen molar-refractivity contribution in [3.8, 4) is 11.6 Å². The van der Waals surface area contributed by atoms with E-state index >= 15 is 0 Å². The van der Waals surface area contributed by atoms with Crippen LogP contribution in [0.5, 0.6) is 0 Å². The van der Waals surface area contributed by atoms with Gasteiger partial charge >= 0.3 is 0 Å². The summed E-state index contributed by atoms with van der Waals surface area (Å²) < 4.78 is 9.61. The molecule has 5 rings (SSSR count). The first-order valence-electron chi connectivity index (χ1n) is 11.2. The number of aliphatic hydroxyl groups excluding tert-OH is 1. The standard InChI is InChI=1S/C25H27ClN6O2/c1-16(28-2)32-22-12-23(25-29-6-8-34-25)31(21(22)3-4-24(32)27)14-18-9-17(10-19(26)11-18)13-30-7-5-20(33)15-30/h3-4,6,8-12,20,27,33H,5,7,13-15H2,1-2H3. The fourth-order valence-electron chi connectivity index (χ4n) is 4.71. The minimum Gasteiger partial charge on any atom is -0.443 e. The summed E-state index contributed by atoms with van der Waals surface area (Å²) in [6, 6.07) is 11.8. The lowest BCUT2D eigenvalue weighted by Gasteiger charge is -2.17. The van der Waals surface area contributed by atoms with Gasteiger partial charge in [-0.05, 0) is 54.8 Å². The number of rotatable bonds is 5. The molecule has 1 aliphatic heterocycles. The van der Waals surface area contributed by atoms with Crippen molar-refractivity contribution in [2.24, 2.45) is 4.99 Å². The highest BCUT2D eigenvalue weighted by Gasteiger charge is 2.21. The first-order valence-corrected chi connectivity index (χ1v) is 11.6. The van der Waals surface area contributed by atoms with Crippen molar-refractivity contribution >= 4 is 28.5 Å². The summed E-state index contributed by atoms with van der Waals surface area (Å²) in [6.07, 6.45) is 3.74. The number of aromatic nitrogens is 3. The number of β-amino-alcohol motifs (C(OH)–C–C–N with tert-alkyl or cyclic N) is 1. The second kappa shape index (κ2) is 9.21. The maximum atomic E-state index is 9.87. The zero-order valence-corrected chi connectivity index (χ0v) is 20.0. The number of nitrogens with one attached hydrogen (secondary N) is 1. The molecule has 176 valence electrons. The molecule has 0 spiro atoms. The maximum Gasteiger partial charge on any atom is 0.243 e. The van der Waals surface area contributed by atoms with Gasteiger partial charge in [0.15, 0.2) is 0 Å². The topological polar surface area (TPSA) is 95.6 Å². The van der Waals surface area contributed by atoms with Gasteiger partial charge in [0.05, 0.1) is 23.3 Å². The van der Waals surface area contributed by atoms with Crippen molar-refractivity contribution < 1.29 is 9.52 Å². The van der Waals surface area contributed by atoms with Gasteiger partial charge in [-0.1, -0.05) is 17.7 Å². The van der Waals surface area contributed by atoms with Crippen molar-refractivity contribution in [2.45, 2.75) is 32.5 Å². The van der Waals surface area contributed by atoms with E-state index in [4.69, 9.17) is 21.4 Å². The van der Waals surface area contributed by atoms with Crippen LogP contribution in [-0.2, 0) is 13.1 Å². The summed E-state index contributed by atoms with van der Waals surface area (Å²) >= 11 is 6.52. The summed E-state index contributed by atoms with van der Waals surface area (Å²) in [5.41, 5.74) is 5.13. The van der Waals surface area contributed by atoms with Crippen LogP contribution in [0.3, 0.4) is 0 Å². The highest BCUT2D eigenvalue weighted by Crippen LogP contribution is 2.29. The molecule has 34 heavy (non-hydrogen) atoms. The van der Waals surface area contributed by atoms with E-state index in [0.717, 1.165) is 53.2 Å². The van der Waals surface area contributed by atoms with E-state index in [1.54, 1.807) is 25.6 Å². The average molecular weight is 479 g/mol. The molecule has 4 aromatic rings. The van der Waals surface area contributed by atoms with E-state index in [9.17, 15) is 5.11 Å². The number of benzene rings is 1. The van der Waals surface area contributed by atoms with E-state index in [-0.39, 0.29) is 6.10 Å². The highest BCUT2D eigenvalue weighted by molar-refractivity contribution is 6.30. The Hall–Kier alpha value is -3.20. The van der Waals surface area contributed by atoms with Gasteiger partial charge in [-0.3, -0.25) is 19.9 Å². The molecular weight excluding hydrogens is 452 g/mol. The number of hydrogen-bond donors (Lipinski definition) is 2. The summed E-state index contributed by atoms with van der Waals surface area (Å²) in [5, 5.41) is 19.0. The van der Waals surface area contributed by atoms with Crippen LogP contribution in [0.2, 0.25) is 5.02 Å². The molecule has 0 aliphatic carbocycles. The molecule has 0 amide bonds. The van der Waals surface area contributed by atoms with Crippen LogP contribution in [0.1, 0.15) is 24.5 Å². The number of hydrogen-bond acceptors (Lipinski definition) is 6. The molecule has 9 heteroatoms. The number of nitrogens with zero attached hydrogens (tertiary/aromatic N) is 5. The van der Waals surface area contributed by atoms with Crippen LogP contribution in [0, 0.1) is 5.41 Å². The number of fused-ring (bicyclic) bond motifs is 1. The monoisotopic (exact) mass is 478 g/mol. The molecule has 1 fully saturated rings. The van der Waals surface area contributed by atoms with Gasteiger partial charge in [-0.2, -0.15) is 0 Å². The third-order valence-electron chi connectivity index (χ3n) is 6.31. The SMILES string of the molecule is CN=C(C)n1c(=N)ccc2c1cc(-c1ncco1)n2Cc1cc(Cl)cc(CN2CCC(O)C2)c1. The lowest BCUT2D eigenvalue weighted by Crippen LogP contribution is -2.24. The predicted molar refractivity (Wildman–Crippen MR) is 132 cm³/mol. The zero-order chi connectivity index (χ0) is 23.8. The van der Waals surface area contributed by atoms with E-state index in [1.807, 2.05) is 35.8 Å². The fourth-order valence-corrected chi connectivity index (χ4v) is 4.99. The smallest absolute Gasteiger partial charge is 0.243 e. The molecule has 1 aromatic carbocycles. The molecule has 1 unspecified atom stereocenters. The lowest BCUT2D eigenvalue weighted by atomic mass is 10.1. The Labute approximate surface area is 202 Å². The largest absolute Gasteiger partial charge is 0.443 e. The average Bonchev–Trinajstić information content (AvgIpc) is 3.54. The van der Waals surface area contributed by atoms with E-state index < -0.39 is 0 Å². The number of oxazole rings is 1. The number of halogens is 1. The molecule has 0 saturated carbocycles. The molecule has 0 radical (unpaired) electrons. The Morgan fingerprint density at radius 3 is 2.68 bits per heavy atom. The molecule has 2 N–H and O–H groups in total. The first kappa shape index (κ1) is 22.6. The van der Waals surface area contributed by atoms with Crippen LogP contribution in [0.15, 0.2) is 58.3 Å². The number of aliphatic imine (C=N–C) groups is 1. The Morgan fingerprint density at radius 1 is 1.21 bits per heavy atom. The number of pyridine rings is 1. The number of aliphatic hydroxyl groups is 1. The Bertz CT molecular complexity index is 1420. The summed E-state index contributed by atoms with van der Waals surface area (Å²) in [4.78, 5) is 10.9. The molecule has 0 bridgehead atoms. The predicted octanol–water partition coefficient (Wildman–Crippen LogP) is 3.74. The van der Waals surface area contributed by atoms with Crippen molar-refractivity contribution in [1.82, 2.24) is 19.0 Å². The Morgan fingerprint density at radius 2 is 2.00 bits per heavy atom. The van der Waals surface area contributed by atoms with Crippen LogP contribution in [0.25, 0.3) is 22.6 Å². The molecule has 4 heterocycles. The van der Waals surface area contributed by atoms with Gasteiger partial charge < -0.3 is 14.1 Å². The van der Waals surface area contributed by atoms with Crippen molar-refractivity contribution in [3.63, 3.8) is 0 Å². The van der Waals surface area contributed by atoms with Crippen LogP contribution in [-0.4, -0.2) is 56.2 Å². The Balaban J connectivity index is 1.60. The Kier molecular flexibility index (Phi) is 6.12. The molecule has 1 atom stereocenters. The van der Waals surface area contributed by atoms with Crippen LogP contribution >= 0.6 is 11.6 Å². The van der Waals surface area contributed by atoms with E-state index in [1.165, 1.54) is 0 Å². The van der Waals surface area contributed by atoms with E-state index in [2.05, 4.69) is 25.5 Å². The fraction of sp³-hybridized carbons (Fsp3) is 0.320. The first-order chi connectivity index (χ1) is 16.4. The highest BCUT2D eigenvalue weighted by atomic mass is 35.5. The number of likely N-dealkylation sites (tertiary alicyclic amines) is 1. The molecule has 1 saturated heterocycles. The summed E-state index contributed by atoms with van der Waals surface area (Å²) in [5.74, 6) is 1.23. The van der Waals surface area contributed by atoms with Gasteiger partial charge in [-0.15, -0.1) is 0 Å². The normalized spacial score (nSPS) is 17.2. The molecular formula is C25H27ClN6O2. The van der Waals surface area contributed by atoms with Gasteiger partial charge in [-0.25, -0.2) is 4.98 Å². The third kappa shape index (κ3) is 4.32. The summed E-state index contributed by atoms with van der Waals surface area (Å²) in [7, 11) is 1.72.